The Morgan fingerprint density at radius 1 is 1.07 bits per heavy atom. The summed E-state index contributed by atoms with van der Waals surface area (Å²) in [5.74, 6) is 0.0834. The molecular formula is C23H28Cl2N2O3. The zero-order valence-corrected chi connectivity index (χ0v) is 19.5. The largest absolute Gasteiger partial charge is 0.483 e. The van der Waals surface area contributed by atoms with Crippen molar-refractivity contribution in [3.05, 3.63) is 63.1 Å². The summed E-state index contributed by atoms with van der Waals surface area (Å²) in [4.78, 5) is 27.1. The Kier molecular flexibility index (Phi) is 8.56. The van der Waals surface area contributed by atoms with Gasteiger partial charge in [-0.15, -0.1) is 0 Å². The van der Waals surface area contributed by atoms with E-state index >= 15 is 0 Å². The van der Waals surface area contributed by atoms with Gasteiger partial charge in [0.2, 0.25) is 5.91 Å². The Hall–Kier alpha value is -2.24. The van der Waals surface area contributed by atoms with Crippen LogP contribution >= 0.6 is 23.2 Å². The molecule has 0 fully saturated rings. The second kappa shape index (κ2) is 10.7. The van der Waals surface area contributed by atoms with Crippen LogP contribution in [0.15, 0.2) is 36.4 Å². The first kappa shape index (κ1) is 24.0. The molecule has 2 amide bonds. The Morgan fingerprint density at radius 3 is 2.37 bits per heavy atom. The minimum Gasteiger partial charge on any atom is -0.483 e. The predicted molar refractivity (Wildman–Crippen MR) is 121 cm³/mol. The monoisotopic (exact) mass is 450 g/mol. The van der Waals surface area contributed by atoms with Gasteiger partial charge in [-0.05, 0) is 63.9 Å². The Morgan fingerprint density at radius 2 is 1.77 bits per heavy atom. The smallest absolute Gasteiger partial charge is 0.261 e. The van der Waals surface area contributed by atoms with Gasteiger partial charge >= 0.3 is 0 Å². The van der Waals surface area contributed by atoms with Gasteiger partial charge in [0.1, 0.15) is 11.8 Å². The maximum atomic E-state index is 13.1. The van der Waals surface area contributed by atoms with Crippen molar-refractivity contribution < 1.29 is 14.3 Å². The minimum atomic E-state index is -0.700. The van der Waals surface area contributed by atoms with Crippen molar-refractivity contribution in [3.63, 3.8) is 0 Å². The molecule has 2 aromatic rings. The molecule has 2 aromatic carbocycles. The van der Waals surface area contributed by atoms with E-state index in [1.807, 2.05) is 45.9 Å². The van der Waals surface area contributed by atoms with E-state index < -0.39 is 6.04 Å². The van der Waals surface area contributed by atoms with Crippen LogP contribution in [0.3, 0.4) is 0 Å². The van der Waals surface area contributed by atoms with E-state index in [4.69, 9.17) is 27.9 Å². The fourth-order valence-corrected chi connectivity index (χ4v) is 3.47. The summed E-state index contributed by atoms with van der Waals surface area (Å²) in [6.45, 7) is 9.33. The second-order valence-corrected chi connectivity index (χ2v) is 8.50. The van der Waals surface area contributed by atoms with Gasteiger partial charge in [-0.25, -0.2) is 0 Å². The number of amides is 2. The molecule has 0 aliphatic carbocycles. The molecule has 2 rings (SSSR count). The lowest BCUT2D eigenvalue weighted by atomic mass is 10.1. The average molecular weight is 451 g/mol. The Balaban J connectivity index is 2.22. The first-order chi connectivity index (χ1) is 14.1. The zero-order chi connectivity index (χ0) is 22.4. The number of nitrogens with zero attached hydrogens (tertiary/aromatic N) is 1. The maximum absolute atomic E-state index is 13.1. The van der Waals surface area contributed by atoms with Gasteiger partial charge in [0.25, 0.3) is 5.91 Å². The molecule has 0 radical (unpaired) electrons. The first-order valence-electron chi connectivity index (χ1n) is 9.82. The molecule has 0 spiro atoms. The number of halogens is 2. The van der Waals surface area contributed by atoms with E-state index in [-0.39, 0.29) is 31.0 Å². The molecule has 30 heavy (non-hydrogen) atoms. The van der Waals surface area contributed by atoms with Crippen molar-refractivity contribution in [2.45, 2.75) is 53.2 Å². The fraction of sp³-hybridized carbons (Fsp3) is 0.391. The van der Waals surface area contributed by atoms with Gasteiger partial charge in [-0.2, -0.15) is 0 Å². The summed E-state index contributed by atoms with van der Waals surface area (Å²) in [5, 5.41) is 3.79. The average Bonchev–Trinajstić information content (AvgIpc) is 2.65. The van der Waals surface area contributed by atoms with Crippen LogP contribution in [0, 0.1) is 13.8 Å². The van der Waals surface area contributed by atoms with Crippen LogP contribution in [0.4, 0.5) is 0 Å². The minimum absolute atomic E-state index is 0.0394. The van der Waals surface area contributed by atoms with Crippen LogP contribution in [0.5, 0.6) is 5.75 Å². The number of hydrogen-bond acceptors (Lipinski definition) is 3. The van der Waals surface area contributed by atoms with Crippen LogP contribution in [0.1, 0.15) is 37.5 Å². The SMILES string of the molecule is Cc1ccc(OCC(=O)N(Cc2ccc(Cl)cc2Cl)C(C)C(=O)NC(C)C)c(C)c1. The molecule has 0 aliphatic heterocycles. The summed E-state index contributed by atoms with van der Waals surface area (Å²) in [5.41, 5.74) is 2.76. The van der Waals surface area contributed by atoms with Crippen LogP contribution < -0.4 is 10.1 Å². The maximum Gasteiger partial charge on any atom is 0.261 e. The topological polar surface area (TPSA) is 58.6 Å². The summed E-state index contributed by atoms with van der Waals surface area (Å²) < 4.78 is 5.76. The lowest BCUT2D eigenvalue weighted by molar-refractivity contribution is -0.142. The van der Waals surface area contributed by atoms with Crippen LogP contribution in [-0.2, 0) is 16.1 Å². The molecule has 1 N–H and O–H groups in total. The van der Waals surface area contributed by atoms with Gasteiger partial charge in [0.05, 0.1) is 0 Å². The van der Waals surface area contributed by atoms with E-state index in [9.17, 15) is 9.59 Å². The van der Waals surface area contributed by atoms with Crippen molar-refractivity contribution in [3.8, 4) is 5.75 Å². The van der Waals surface area contributed by atoms with Crippen LogP contribution in [0.2, 0.25) is 10.0 Å². The number of benzene rings is 2. The quantitative estimate of drug-likeness (QED) is 0.619. The number of aryl methyl sites for hydroxylation is 2. The number of nitrogens with one attached hydrogen (secondary N) is 1. The van der Waals surface area contributed by atoms with Gasteiger partial charge in [-0.3, -0.25) is 9.59 Å². The van der Waals surface area contributed by atoms with Crippen LogP contribution in [-0.4, -0.2) is 35.4 Å². The van der Waals surface area contributed by atoms with E-state index in [1.54, 1.807) is 25.1 Å². The third kappa shape index (κ3) is 6.64. The van der Waals surface area contributed by atoms with E-state index in [2.05, 4.69) is 5.32 Å². The zero-order valence-electron chi connectivity index (χ0n) is 18.0. The summed E-state index contributed by atoms with van der Waals surface area (Å²) >= 11 is 12.3. The molecule has 0 saturated carbocycles. The molecule has 0 heterocycles. The molecule has 162 valence electrons. The van der Waals surface area contributed by atoms with Gasteiger partial charge in [-0.1, -0.05) is 47.0 Å². The van der Waals surface area contributed by atoms with Crippen molar-refractivity contribution in [1.29, 1.82) is 0 Å². The highest BCUT2D eigenvalue weighted by Crippen LogP contribution is 2.24. The number of hydrogen-bond donors (Lipinski definition) is 1. The summed E-state index contributed by atoms with van der Waals surface area (Å²) in [7, 11) is 0. The van der Waals surface area contributed by atoms with Crippen molar-refractivity contribution in [2.75, 3.05) is 6.61 Å². The van der Waals surface area contributed by atoms with Gasteiger partial charge < -0.3 is 15.0 Å². The molecule has 0 saturated heterocycles. The predicted octanol–water partition coefficient (Wildman–Crippen LogP) is 4.93. The molecule has 1 atom stereocenters. The van der Waals surface area contributed by atoms with Crippen molar-refractivity contribution >= 4 is 35.0 Å². The molecular weight excluding hydrogens is 423 g/mol. The highest BCUT2D eigenvalue weighted by Gasteiger charge is 2.27. The number of carbonyl (C=O) groups excluding carboxylic acids is 2. The molecule has 7 heteroatoms. The van der Waals surface area contributed by atoms with Gasteiger partial charge in [0.15, 0.2) is 6.61 Å². The number of carbonyl (C=O) groups is 2. The summed E-state index contributed by atoms with van der Waals surface area (Å²) in [6, 6.07) is 10.1. The highest BCUT2D eigenvalue weighted by molar-refractivity contribution is 6.35. The number of ether oxygens (including phenoxy) is 1. The first-order valence-corrected chi connectivity index (χ1v) is 10.6. The van der Waals surface area contributed by atoms with E-state index in [0.29, 0.717) is 21.4 Å². The molecule has 0 aliphatic rings. The number of rotatable bonds is 8. The lowest BCUT2D eigenvalue weighted by Gasteiger charge is -2.29. The van der Waals surface area contributed by atoms with E-state index in [0.717, 1.165) is 11.1 Å². The molecule has 0 bridgehead atoms. The van der Waals surface area contributed by atoms with Crippen LogP contribution in [0.25, 0.3) is 0 Å². The Labute approximate surface area is 188 Å². The highest BCUT2D eigenvalue weighted by atomic mass is 35.5. The second-order valence-electron chi connectivity index (χ2n) is 7.65. The third-order valence-electron chi connectivity index (χ3n) is 4.64. The third-order valence-corrected chi connectivity index (χ3v) is 5.22. The molecule has 5 nitrogen and oxygen atoms in total. The standard InChI is InChI=1S/C23H28Cl2N2O3/c1-14(2)26-23(29)17(5)27(12-18-7-8-19(24)11-20(18)25)22(28)13-30-21-9-6-15(3)10-16(21)4/h6-11,14,17H,12-13H2,1-5H3,(H,26,29). The summed E-state index contributed by atoms with van der Waals surface area (Å²) in [6.07, 6.45) is 0. The van der Waals surface area contributed by atoms with Gasteiger partial charge in [0, 0.05) is 22.6 Å². The lowest BCUT2D eigenvalue weighted by Crippen LogP contribution is -2.50. The van der Waals surface area contributed by atoms with Crippen molar-refractivity contribution in [2.24, 2.45) is 0 Å². The molecule has 1 unspecified atom stereocenters. The van der Waals surface area contributed by atoms with Crippen molar-refractivity contribution in [1.82, 2.24) is 10.2 Å². The normalized spacial score (nSPS) is 11.9. The van der Waals surface area contributed by atoms with E-state index in [1.165, 1.54) is 4.90 Å². The Bertz CT molecular complexity index is 915. The fourth-order valence-electron chi connectivity index (χ4n) is 3.00. The molecule has 0 aromatic heterocycles.